The molecular formula is C15H18N2O3S. The number of aromatic nitrogens is 1. The van der Waals surface area contributed by atoms with Crippen LogP contribution in [0.4, 0.5) is 5.82 Å². The van der Waals surface area contributed by atoms with E-state index in [2.05, 4.69) is 9.71 Å². The number of rotatable bonds is 5. The lowest BCUT2D eigenvalue weighted by Gasteiger charge is -2.13. The van der Waals surface area contributed by atoms with E-state index in [1.54, 1.807) is 13.0 Å². The summed E-state index contributed by atoms with van der Waals surface area (Å²) in [4.78, 5) is 13.8. The summed E-state index contributed by atoms with van der Waals surface area (Å²) in [5.41, 5.74) is 1.33. The normalized spacial score (nSPS) is 12.9. The predicted octanol–water partition coefficient (Wildman–Crippen LogP) is 2.23. The fourth-order valence-corrected chi connectivity index (χ4v) is 3.53. The molecule has 0 aliphatic rings. The van der Waals surface area contributed by atoms with Crippen molar-refractivity contribution in [1.82, 2.24) is 4.98 Å². The zero-order valence-corrected chi connectivity index (χ0v) is 12.8. The number of nitrogens with one attached hydrogen (secondary N) is 2. The highest BCUT2D eigenvalue weighted by atomic mass is 32.2. The first kappa shape index (κ1) is 15.3. The van der Waals surface area contributed by atoms with Crippen LogP contribution < -0.4 is 10.3 Å². The topological polar surface area (TPSA) is 79.0 Å². The molecule has 1 atom stereocenters. The van der Waals surface area contributed by atoms with Crippen molar-refractivity contribution in [1.29, 1.82) is 0 Å². The van der Waals surface area contributed by atoms with Crippen molar-refractivity contribution in [3.63, 3.8) is 0 Å². The van der Waals surface area contributed by atoms with Gasteiger partial charge in [0.15, 0.2) is 0 Å². The monoisotopic (exact) mass is 306 g/mol. The van der Waals surface area contributed by atoms with Crippen LogP contribution in [0.25, 0.3) is 0 Å². The molecule has 1 aromatic carbocycles. The predicted molar refractivity (Wildman–Crippen MR) is 84.1 cm³/mol. The lowest BCUT2D eigenvalue weighted by atomic mass is 10.0. The second-order valence-corrected chi connectivity index (χ2v) is 6.90. The summed E-state index contributed by atoms with van der Waals surface area (Å²) in [5, 5.41) is 0. The average molecular weight is 306 g/mol. The Hall–Kier alpha value is -2.08. The summed E-state index contributed by atoms with van der Waals surface area (Å²) >= 11 is 0. The van der Waals surface area contributed by atoms with E-state index in [0.29, 0.717) is 5.56 Å². The Balaban J connectivity index is 2.13. The lowest BCUT2D eigenvalue weighted by Crippen LogP contribution is -2.22. The Labute approximate surface area is 124 Å². The lowest BCUT2D eigenvalue weighted by molar-refractivity contribution is 0.595. The molecule has 2 aromatic rings. The molecule has 1 aromatic heterocycles. The third-order valence-electron chi connectivity index (χ3n) is 3.09. The van der Waals surface area contributed by atoms with Crippen LogP contribution in [0.1, 0.15) is 24.0 Å². The Kier molecular flexibility index (Phi) is 4.47. The van der Waals surface area contributed by atoms with Crippen molar-refractivity contribution in [2.45, 2.75) is 19.8 Å². The molecule has 2 rings (SSSR count). The van der Waals surface area contributed by atoms with Crippen molar-refractivity contribution < 1.29 is 8.42 Å². The second-order valence-electron chi connectivity index (χ2n) is 5.13. The Bertz CT molecular complexity index is 767. The number of hydrogen-bond acceptors (Lipinski definition) is 3. The van der Waals surface area contributed by atoms with Gasteiger partial charge in [-0.1, -0.05) is 37.3 Å². The van der Waals surface area contributed by atoms with E-state index in [1.807, 2.05) is 37.3 Å². The van der Waals surface area contributed by atoms with E-state index >= 15 is 0 Å². The van der Waals surface area contributed by atoms with E-state index < -0.39 is 10.0 Å². The van der Waals surface area contributed by atoms with Gasteiger partial charge in [-0.15, -0.1) is 0 Å². The minimum absolute atomic E-state index is 0.0486. The first-order valence-electron chi connectivity index (χ1n) is 6.62. The summed E-state index contributed by atoms with van der Waals surface area (Å²) in [7, 11) is -3.54. The molecule has 5 nitrogen and oxygen atoms in total. The Morgan fingerprint density at radius 3 is 2.48 bits per heavy atom. The fourth-order valence-electron chi connectivity index (χ4n) is 2.15. The molecule has 0 bridgehead atoms. The minimum atomic E-state index is -3.54. The van der Waals surface area contributed by atoms with Gasteiger partial charge in [-0.2, -0.15) is 0 Å². The van der Waals surface area contributed by atoms with Crippen molar-refractivity contribution in [2.75, 3.05) is 10.5 Å². The molecule has 112 valence electrons. The molecule has 1 heterocycles. The molecule has 1 unspecified atom stereocenters. The molecular weight excluding hydrogens is 288 g/mol. The van der Waals surface area contributed by atoms with Gasteiger partial charge < -0.3 is 4.98 Å². The summed E-state index contributed by atoms with van der Waals surface area (Å²) in [5.74, 6) is 0.00739. The number of aromatic amines is 1. The SMILES string of the molecule is Cc1cc(NS(=O)(=O)CC(C)c2ccccc2)[nH]c(=O)c1. The highest BCUT2D eigenvalue weighted by molar-refractivity contribution is 7.92. The molecule has 0 saturated carbocycles. The zero-order valence-electron chi connectivity index (χ0n) is 12.0. The van der Waals surface area contributed by atoms with Crippen molar-refractivity contribution in [3.05, 3.63) is 63.9 Å². The number of anilines is 1. The summed E-state index contributed by atoms with van der Waals surface area (Å²) < 4.78 is 26.8. The Morgan fingerprint density at radius 1 is 1.19 bits per heavy atom. The molecule has 0 amide bonds. The quantitative estimate of drug-likeness (QED) is 0.889. The van der Waals surface area contributed by atoms with Gasteiger partial charge >= 0.3 is 0 Å². The largest absolute Gasteiger partial charge is 0.308 e. The zero-order chi connectivity index (χ0) is 15.5. The third kappa shape index (κ3) is 4.46. The van der Waals surface area contributed by atoms with Gasteiger partial charge in [0.1, 0.15) is 5.82 Å². The number of pyridine rings is 1. The van der Waals surface area contributed by atoms with Gasteiger partial charge in [0.05, 0.1) is 5.75 Å². The van der Waals surface area contributed by atoms with Gasteiger partial charge in [0, 0.05) is 6.07 Å². The minimum Gasteiger partial charge on any atom is -0.308 e. The Morgan fingerprint density at radius 2 is 1.86 bits per heavy atom. The highest BCUT2D eigenvalue weighted by Gasteiger charge is 2.17. The first-order valence-corrected chi connectivity index (χ1v) is 8.27. The molecule has 21 heavy (non-hydrogen) atoms. The van der Waals surface area contributed by atoms with Crippen molar-refractivity contribution >= 4 is 15.8 Å². The third-order valence-corrected chi connectivity index (χ3v) is 4.56. The molecule has 0 fully saturated rings. The summed E-state index contributed by atoms with van der Waals surface area (Å²) in [6.45, 7) is 3.59. The van der Waals surface area contributed by atoms with Crippen LogP contribution in [0.2, 0.25) is 0 Å². The molecule has 0 radical (unpaired) electrons. The maximum absolute atomic E-state index is 12.2. The van der Waals surface area contributed by atoms with Crippen molar-refractivity contribution in [3.8, 4) is 0 Å². The van der Waals surface area contributed by atoms with Crippen LogP contribution in [0.15, 0.2) is 47.3 Å². The number of benzene rings is 1. The summed E-state index contributed by atoms with van der Waals surface area (Å²) in [6, 6.07) is 12.4. The molecule has 0 aliphatic heterocycles. The number of hydrogen-bond donors (Lipinski definition) is 2. The van der Waals surface area contributed by atoms with Gasteiger partial charge in [-0.25, -0.2) is 8.42 Å². The highest BCUT2D eigenvalue weighted by Crippen LogP contribution is 2.17. The van der Waals surface area contributed by atoms with Gasteiger partial charge in [0.25, 0.3) is 0 Å². The van der Waals surface area contributed by atoms with E-state index in [1.165, 1.54) is 6.07 Å². The number of H-pyrrole nitrogens is 1. The first-order chi connectivity index (χ1) is 9.85. The van der Waals surface area contributed by atoms with E-state index in [4.69, 9.17) is 0 Å². The number of aryl methyl sites for hydroxylation is 1. The van der Waals surface area contributed by atoms with Gasteiger partial charge in [0.2, 0.25) is 15.6 Å². The van der Waals surface area contributed by atoms with Crippen LogP contribution >= 0.6 is 0 Å². The summed E-state index contributed by atoms with van der Waals surface area (Å²) in [6.07, 6.45) is 0. The molecule has 2 N–H and O–H groups in total. The average Bonchev–Trinajstić information content (AvgIpc) is 2.37. The van der Waals surface area contributed by atoms with Crippen LogP contribution in [0.5, 0.6) is 0 Å². The van der Waals surface area contributed by atoms with Crippen molar-refractivity contribution in [2.24, 2.45) is 0 Å². The standard InChI is InChI=1S/C15H18N2O3S/c1-11-8-14(16-15(18)9-11)17-21(19,20)10-12(2)13-6-4-3-5-7-13/h3-9,12H,10H2,1-2H3,(H2,16,17,18). The van der Waals surface area contributed by atoms with E-state index in [9.17, 15) is 13.2 Å². The van der Waals surface area contributed by atoms with E-state index in [0.717, 1.165) is 5.56 Å². The second kappa shape index (κ2) is 6.13. The van der Waals surface area contributed by atoms with E-state index in [-0.39, 0.29) is 23.0 Å². The molecule has 6 heteroatoms. The smallest absolute Gasteiger partial charge is 0.249 e. The van der Waals surface area contributed by atoms with Crippen LogP contribution in [-0.4, -0.2) is 19.2 Å². The van der Waals surface area contributed by atoms with Crippen LogP contribution in [-0.2, 0) is 10.0 Å². The van der Waals surface area contributed by atoms with Crippen LogP contribution in [0.3, 0.4) is 0 Å². The maximum atomic E-state index is 12.2. The van der Waals surface area contributed by atoms with Crippen LogP contribution in [0, 0.1) is 6.92 Å². The maximum Gasteiger partial charge on any atom is 0.249 e. The fraction of sp³-hybridized carbons (Fsp3) is 0.267. The number of sulfonamides is 1. The molecule has 0 saturated heterocycles. The molecule has 0 spiro atoms. The van der Waals surface area contributed by atoms with Gasteiger partial charge in [-0.3, -0.25) is 9.52 Å². The van der Waals surface area contributed by atoms with Gasteiger partial charge in [-0.05, 0) is 30.0 Å². The molecule has 0 aliphatic carbocycles.